The number of carbonyl (C=O) groups is 2. The average Bonchev–Trinajstić information content (AvgIpc) is 2.79. The number of benzene rings is 2. The van der Waals surface area contributed by atoms with Crippen molar-refractivity contribution < 1.29 is 22.7 Å². The van der Waals surface area contributed by atoms with Gasteiger partial charge in [-0.1, -0.05) is 30.3 Å². The van der Waals surface area contributed by atoms with E-state index in [2.05, 4.69) is 5.32 Å². The van der Waals surface area contributed by atoms with Crippen molar-refractivity contribution in [2.45, 2.75) is 52.2 Å². The molecule has 0 unspecified atom stereocenters. The molecule has 0 spiro atoms. The van der Waals surface area contributed by atoms with Gasteiger partial charge < -0.3 is 15.0 Å². The summed E-state index contributed by atoms with van der Waals surface area (Å²) in [5, 5.41) is 2.86. The number of nitrogens with zero attached hydrogens (tertiary/aromatic N) is 2. The van der Waals surface area contributed by atoms with Crippen LogP contribution in [0, 0.1) is 0 Å². The maximum Gasteiger partial charge on any atom is 0.242 e. The molecule has 9 heteroatoms. The number of hydrogen-bond acceptors (Lipinski definition) is 5. The van der Waals surface area contributed by atoms with Crippen molar-refractivity contribution in [3.8, 4) is 5.75 Å². The van der Waals surface area contributed by atoms with Crippen molar-refractivity contribution in [2.75, 3.05) is 24.2 Å². The number of para-hydroxylation sites is 1. The Labute approximate surface area is 202 Å². The average molecular weight is 490 g/mol. The van der Waals surface area contributed by atoms with Crippen molar-refractivity contribution in [2.24, 2.45) is 0 Å². The monoisotopic (exact) mass is 489 g/mol. The SMILES string of the molecule is COc1ccc(CN(C(=O)CCCN(c2ccccc2)S(C)(=O)=O)[C@H](C)C(=O)NC(C)C)cc1. The van der Waals surface area contributed by atoms with E-state index in [1.54, 1.807) is 50.4 Å². The van der Waals surface area contributed by atoms with E-state index in [-0.39, 0.29) is 37.4 Å². The Balaban J connectivity index is 2.15. The minimum atomic E-state index is -3.50. The Morgan fingerprint density at radius 3 is 2.15 bits per heavy atom. The van der Waals surface area contributed by atoms with Gasteiger partial charge in [0.05, 0.1) is 19.1 Å². The Morgan fingerprint density at radius 2 is 1.62 bits per heavy atom. The van der Waals surface area contributed by atoms with E-state index in [1.807, 2.05) is 32.0 Å². The molecule has 0 saturated heterocycles. The van der Waals surface area contributed by atoms with Crippen LogP contribution in [-0.4, -0.2) is 57.1 Å². The number of rotatable bonds is 12. The molecule has 2 rings (SSSR count). The Morgan fingerprint density at radius 1 is 1.00 bits per heavy atom. The summed E-state index contributed by atoms with van der Waals surface area (Å²) in [5.74, 6) is 0.247. The first-order valence-corrected chi connectivity index (χ1v) is 13.1. The first kappa shape index (κ1) is 27.2. The van der Waals surface area contributed by atoms with Crippen LogP contribution in [0.4, 0.5) is 5.69 Å². The van der Waals surface area contributed by atoms with Crippen LogP contribution in [0.2, 0.25) is 0 Å². The number of ether oxygens (including phenoxy) is 1. The third-order valence-electron chi connectivity index (χ3n) is 5.31. The number of hydrogen-bond donors (Lipinski definition) is 1. The van der Waals surface area contributed by atoms with Crippen LogP contribution in [0.25, 0.3) is 0 Å². The van der Waals surface area contributed by atoms with Gasteiger partial charge in [-0.25, -0.2) is 8.42 Å². The molecular weight excluding hydrogens is 454 g/mol. The van der Waals surface area contributed by atoms with Crippen LogP contribution in [0.1, 0.15) is 39.2 Å². The molecule has 0 fully saturated rings. The first-order valence-electron chi connectivity index (χ1n) is 11.3. The van der Waals surface area contributed by atoms with Gasteiger partial charge >= 0.3 is 0 Å². The molecule has 1 atom stereocenters. The fourth-order valence-electron chi connectivity index (χ4n) is 3.51. The van der Waals surface area contributed by atoms with Crippen molar-refractivity contribution in [1.29, 1.82) is 0 Å². The minimum Gasteiger partial charge on any atom is -0.497 e. The molecule has 8 nitrogen and oxygen atoms in total. The van der Waals surface area contributed by atoms with E-state index in [9.17, 15) is 18.0 Å². The van der Waals surface area contributed by atoms with Crippen molar-refractivity contribution in [3.05, 3.63) is 60.2 Å². The van der Waals surface area contributed by atoms with Gasteiger partial charge in [-0.05, 0) is 57.0 Å². The summed E-state index contributed by atoms with van der Waals surface area (Å²) in [6, 6.07) is 15.4. The van der Waals surface area contributed by atoms with Crippen LogP contribution in [0.3, 0.4) is 0 Å². The van der Waals surface area contributed by atoms with E-state index in [0.29, 0.717) is 17.9 Å². The maximum absolute atomic E-state index is 13.2. The standard InChI is InChI=1S/C25H35N3O5S/c1-19(2)26-25(30)20(3)27(18-21-13-15-23(33-4)16-14-21)24(29)12-9-17-28(34(5,31)32)22-10-7-6-8-11-22/h6-8,10-11,13-16,19-20H,9,12,17-18H2,1-5H3,(H,26,30)/t20-/m1/s1. The second-order valence-corrected chi connectivity index (χ2v) is 10.4. The van der Waals surface area contributed by atoms with Crippen molar-refractivity contribution >= 4 is 27.5 Å². The lowest BCUT2D eigenvalue weighted by atomic mass is 10.1. The largest absolute Gasteiger partial charge is 0.497 e. The molecule has 1 N–H and O–H groups in total. The zero-order valence-electron chi connectivity index (χ0n) is 20.5. The fourth-order valence-corrected chi connectivity index (χ4v) is 4.48. The number of sulfonamides is 1. The predicted octanol–water partition coefficient (Wildman–Crippen LogP) is 3.18. The molecule has 0 aromatic heterocycles. The van der Waals surface area contributed by atoms with E-state index >= 15 is 0 Å². The summed E-state index contributed by atoms with van der Waals surface area (Å²) < 4.78 is 31.1. The van der Waals surface area contributed by atoms with Gasteiger partial charge in [0, 0.05) is 25.6 Å². The molecule has 2 aromatic carbocycles. The highest BCUT2D eigenvalue weighted by molar-refractivity contribution is 7.92. The smallest absolute Gasteiger partial charge is 0.242 e. The van der Waals surface area contributed by atoms with Crippen molar-refractivity contribution in [1.82, 2.24) is 10.2 Å². The normalized spacial score (nSPS) is 12.2. The molecule has 0 bridgehead atoms. The topological polar surface area (TPSA) is 96.0 Å². The zero-order chi connectivity index (χ0) is 25.3. The van der Waals surface area contributed by atoms with Crippen LogP contribution in [0.15, 0.2) is 54.6 Å². The molecule has 0 heterocycles. The molecule has 2 aromatic rings. The van der Waals surface area contributed by atoms with Gasteiger partial charge in [0.15, 0.2) is 0 Å². The summed E-state index contributed by atoms with van der Waals surface area (Å²) in [6.07, 6.45) is 1.57. The molecule has 0 aliphatic rings. The number of anilines is 1. The number of methoxy groups -OCH3 is 1. The molecule has 0 aliphatic heterocycles. The van der Waals surface area contributed by atoms with Gasteiger partial charge in [-0.3, -0.25) is 13.9 Å². The summed E-state index contributed by atoms with van der Waals surface area (Å²) in [4.78, 5) is 27.4. The Kier molecular flexibility index (Phi) is 9.92. The highest BCUT2D eigenvalue weighted by Crippen LogP contribution is 2.19. The van der Waals surface area contributed by atoms with Gasteiger partial charge in [0.2, 0.25) is 21.8 Å². The third-order valence-corrected chi connectivity index (χ3v) is 6.50. The van der Waals surface area contributed by atoms with E-state index < -0.39 is 16.1 Å². The molecule has 2 amide bonds. The highest BCUT2D eigenvalue weighted by atomic mass is 32.2. The third kappa shape index (κ3) is 8.06. The summed E-state index contributed by atoms with van der Waals surface area (Å²) in [7, 11) is -1.92. The van der Waals surface area contributed by atoms with Gasteiger partial charge in [0.1, 0.15) is 11.8 Å². The van der Waals surface area contributed by atoms with Gasteiger partial charge in [0.25, 0.3) is 0 Å². The number of nitrogens with one attached hydrogen (secondary N) is 1. The summed E-state index contributed by atoms with van der Waals surface area (Å²) in [5.41, 5.74) is 1.41. The van der Waals surface area contributed by atoms with Crippen LogP contribution in [-0.2, 0) is 26.2 Å². The van der Waals surface area contributed by atoms with Crippen LogP contribution in [0.5, 0.6) is 5.75 Å². The lowest BCUT2D eigenvalue weighted by Crippen LogP contribution is -2.49. The van der Waals surface area contributed by atoms with E-state index in [0.717, 1.165) is 11.8 Å². The molecule has 0 aliphatic carbocycles. The molecule has 0 radical (unpaired) electrons. The first-order chi connectivity index (χ1) is 16.0. The van der Waals surface area contributed by atoms with Crippen LogP contribution < -0.4 is 14.4 Å². The van der Waals surface area contributed by atoms with Crippen LogP contribution >= 0.6 is 0 Å². The highest BCUT2D eigenvalue weighted by Gasteiger charge is 2.27. The van der Waals surface area contributed by atoms with Crippen molar-refractivity contribution in [3.63, 3.8) is 0 Å². The molecular formula is C25H35N3O5S. The second-order valence-electron chi connectivity index (χ2n) is 8.48. The summed E-state index contributed by atoms with van der Waals surface area (Å²) >= 11 is 0. The number of carbonyl (C=O) groups excluding carboxylic acids is 2. The fraction of sp³-hybridized carbons (Fsp3) is 0.440. The molecule has 34 heavy (non-hydrogen) atoms. The van der Waals surface area contributed by atoms with E-state index in [4.69, 9.17) is 4.74 Å². The maximum atomic E-state index is 13.2. The van der Waals surface area contributed by atoms with E-state index in [1.165, 1.54) is 9.21 Å². The summed E-state index contributed by atoms with van der Waals surface area (Å²) in [6.45, 7) is 5.85. The van der Waals surface area contributed by atoms with Gasteiger partial charge in [-0.2, -0.15) is 0 Å². The van der Waals surface area contributed by atoms with Gasteiger partial charge in [-0.15, -0.1) is 0 Å². The molecule has 0 saturated carbocycles. The minimum absolute atomic E-state index is 0.0536. The molecule has 186 valence electrons. The Hall–Kier alpha value is -3.07. The lowest BCUT2D eigenvalue weighted by Gasteiger charge is -2.30. The Bertz CT molecular complexity index is 1040. The zero-order valence-corrected chi connectivity index (χ0v) is 21.3. The number of amides is 2. The second kappa shape index (κ2) is 12.4. The quantitative estimate of drug-likeness (QED) is 0.494. The predicted molar refractivity (Wildman–Crippen MR) is 134 cm³/mol. The lowest BCUT2D eigenvalue weighted by molar-refractivity contribution is -0.140.